The number of rotatable bonds is 5. The van der Waals surface area contributed by atoms with E-state index in [2.05, 4.69) is 76.2 Å². The maximum Gasteiger partial charge on any atom is 0.119 e. The van der Waals surface area contributed by atoms with Gasteiger partial charge in [0.15, 0.2) is 0 Å². The molecule has 0 saturated carbocycles. The smallest absolute Gasteiger partial charge is 0.119 e. The average Bonchev–Trinajstić information content (AvgIpc) is 2.45. The first-order valence-electron chi connectivity index (χ1n) is 7.38. The van der Waals surface area contributed by atoms with Crippen molar-refractivity contribution in [2.75, 3.05) is 12.4 Å². The van der Waals surface area contributed by atoms with Crippen LogP contribution in [0.3, 0.4) is 0 Å². The molecule has 0 unspecified atom stereocenters. The van der Waals surface area contributed by atoms with Crippen LogP contribution in [0.25, 0.3) is 0 Å². The maximum absolute atomic E-state index is 5.80. The van der Waals surface area contributed by atoms with E-state index in [-0.39, 0.29) is 5.41 Å². The number of hydrogen-bond acceptors (Lipinski definition) is 2. The van der Waals surface area contributed by atoms with Crippen LogP contribution < -0.4 is 4.74 Å². The Balaban J connectivity index is 1.77. The third-order valence-corrected chi connectivity index (χ3v) is 4.34. The predicted molar refractivity (Wildman–Crippen MR) is 92.5 cm³/mol. The van der Waals surface area contributed by atoms with E-state index in [0.29, 0.717) is 0 Å². The minimum atomic E-state index is 0.194. The Hall–Kier alpha value is -1.41. The monoisotopic (exact) mass is 300 g/mol. The fourth-order valence-electron chi connectivity index (χ4n) is 2.00. The highest BCUT2D eigenvalue weighted by Gasteiger charge is 2.12. The van der Waals surface area contributed by atoms with E-state index in [0.717, 1.165) is 18.1 Å². The van der Waals surface area contributed by atoms with Gasteiger partial charge in [-0.2, -0.15) is 0 Å². The lowest BCUT2D eigenvalue weighted by Crippen LogP contribution is -2.10. The molecule has 0 fully saturated rings. The standard InChI is InChI=1S/C19H24OS/c1-15-5-11-18(12-6-15)21-14-13-20-17-9-7-16(8-10-17)19(2,3)4/h5-12H,13-14H2,1-4H3. The van der Waals surface area contributed by atoms with Crippen LogP contribution in [0.5, 0.6) is 5.75 Å². The van der Waals surface area contributed by atoms with Gasteiger partial charge in [-0.1, -0.05) is 50.6 Å². The first kappa shape index (κ1) is 16.0. The predicted octanol–water partition coefficient (Wildman–Crippen LogP) is 5.46. The van der Waals surface area contributed by atoms with Crippen molar-refractivity contribution < 1.29 is 4.74 Å². The van der Waals surface area contributed by atoms with Crippen LogP contribution in [0.15, 0.2) is 53.4 Å². The fourth-order valence-corrected chi connectivity index (χ4v) is 2.74. The van der Waals surface area contributed by atoms with E-state index >= 15 is 0 Å². The number of benzene rings is 2. The van der Waals surface area contributed by atoms with Crippen LogP contribution in [0.4, 0.5) is 0 Å². The molecule has 0 radical (unpaired) electrons. The highest BCUT2D eigenvalue weighted by atomic mass is 32.2. The zero-order valence-electron chi connectivity index (χ0n) is 13.3. The van der Waals surface area contributed by atoms with Crippen LogP contribution in [-0.2, 0) is 5.41 Å². The molecule has 2 heteroatoms. The molecule has 2 aromatic carbocycles. The molecule has 0 aromatic heterocycles. The molecule has 1 nitrogen and oxygen atoms in total. The molecule has 2 rings (SSSR count). The Kier molecular flexibility index (Phi) is 5.35. The van der Waals surface area contributed by atoms with E-state index in [9.17, 15) is 0 Å². The van der Waals surface area contributed by atoms with Crippen molar-refractivity contribution in [3.05, 3.63) is 59.7 Å². The highest BCUT2D eigenvalue weighted by Crippen LogP contribution is 2.24. The summed E-state index contributed by atoms with van der Waals surface area (Å²) in [4.78, 5) is 1.30. The molecule has 2 aromatic rings. The summed E-state index contributed by atoms with van der Waals surface area (Å²) in [7, 11) is 0. The molecule has 0 aliphatic rings. The quantitative estimate of drug-likeness (QED) is 0.535. The largest absolute Gasteiger partial charge is 0.493 e. The normalized spacial score (nSPS) is 11.4. The second kappa shape index (κ2) is 7.04. The van der Waals surface area contributed by atoms with Gasteiger partial charge in [0.1, 0.15) is 5.75 Å². The van der Waals surface area contributed by atoms with E-state index in [1.54, 1.807) is 0 Å². The molecule has 0 bridgehead atoms. The van der Waals surface area contributed by atoms with E-state index < -0.39 is 0 Å². The third kappa shape index (κ3) is 5.13. The summed E-state index contributed by atoms with van der Waals surface area (Å²) in [5, 5.41) is 0. The summed E-state index contributed by atoms with van der Waals surface area (Å²) in [6.07, 6.45) is 0. The van der Waals surface area contributed by atoms with Crippen LogP contribution >= 0.6 is 11.8 Å². The highest BCUT2D eigenvalue weighted by molar-refractivity contribution is 7.99. The van der Waals surface area contributed by atoms with Crippen LogP contribution in [0, 0.1) is 6.92 Å². The molecule has 21 heavy (non-hydrogen) atoms. The second-order valence-electron chi connectivity index (χ2n) is 6.28. The Morgan fingerprint density at radius 1 is 0.905 bits per heavy atom. The topological polar surface area (TPSA) is 9.23 Å². The Morgan fingerprint density at radius 3 is 2.10 bits per heavy atom. The van der Waals surface area contributed by atoms with Gasteiger partial charge in [-0.15, -0.1) is 11.8 Å². The molecule has 0 heterocycles. The molecule has 0 atom stereocenters. The van der Waals surface area contributed by atoms with Crippen molar-refractivity contribution in [2.45, 2.75) is 38.0 Å². The SMILES string of the molecule is Cc1ccc(SCCOc2ccc(C(C)(C)C)cc2)cc1. The first-order chi connectivity index (χ1) is 9.95. The maximum atomic E-state index is 5.80. The van der Waals surface area contributed by atoms with Crippen molar-refractivity contribution in [3.63, 3.8) is 0 Å². The van der Waals surface area contributed by atoms with Gasteiger partial charge in [0.25, 0.3) is 0 Å². The van der Waals surface area contributed by atoms with Gasteiger partial charge in [-0.3, -0.25) is 0 Å². The van der Waals surface area contributed by atoms with Gasteiger partial charge in [0.2, 0.25) is 0 Å². The summed E-state index contributed by atoms with van der Waals surface area (Å²) in [5.74, 6) is 1.91. The van der Waals surface area contributed by atoms with Gasteiger partial charge < -0.3 is 4.74 Å². The van der Waals surface area contributed by atoms with E-state index in [4.69, 9.17) is 4.74 Å². The number of hydrogen-bond donors (Lipinski definition) is 0. The summed E-state index contributed by atoms with van der Waals surface area (Å²) in [6, 6.07) is 17.1. The Morgan fingerprint density at radius 2 is 1.52 bits per heavy atom. The number of thioether (sulfide) groups is 1. The second-order valence-corrected chi connectivity index (χ2v) is 7.45. The zero-order chi connectivity index (χ0) is 15.3. The van der Waals surface area contributed by atoms with Crippen LogP contribution in [0.2, 0.25) is 0 Å². The molecule has 0 spiro atoms. The van der Waals surface area contributed by atoms with E-state index in [1.807, 2.05) is 11.8 Å². The van der Waals surface area contributed by atoms with E-state index in [1.165, 1.54) is 16.0 Å². The lowest BCUT2D eigenvalue weighted by Gasteiger charge is -2.19. The van der Waals surface area contributed by atoms with Crippen molar-refractivity contribution in [1.29, 1.82) is 0 Å². The molecular formula is C19H24OS. The van der Waals surface area contributed by atoms with Crippen molar-refractivity contribution >= 4 is 11.8 Å². The van der Waals surface area contributed by atoms with Crippen molar-refractivity contribution in [1.82, 2.24) is 0 Å². The van der Waals surface area contributed by atoms with Gasteiger partial charge in [0.05, 0.1) is 6.61 Å². The molecule has 0 N–H and O–H groups in total. The summed E-state index contributed by atoms with van der Waals surface area (Å²) < 4.78 is 5.80. The van der Waals surface area contributed by atoms with Gasteiger partial charge in [-0.25, -0.2) is 0 Å². The average molecular weight is 300 g/mol. The molecule has 0 aliphatic heterocycles. The first-order valence-corrected chi connectivity index (χ1v) is 8.36. The number of aryl methyl sites for hydroxylation is 1. The minimum absolute atomic E-state index is 0.194. The Labute approximate surface area is 132 Å². The molecule has 112 valence electrons. The zero-order valence-corrected chi connectivity index (χ0v) is 14.2. The lowest BCUT2D eigenvalue weighted by atomic mass is 9.87. The summed E-state index contributed by atoms with van der Waals surface area (Å²) in [6.45, 7) is 9.51. The molecule has 0 aliphatic carbocycles. The van der Waals surface area contributed by atoms with Gasteiger partial charge >= 0.3 is 0 Å². The van der Waals surface area contributed by atoms with Crippen LogP contribution in [-0.4, -0.2) is 12.4 Å². The van der Waals surface area contributed by atoms with Crippen LogP contribution in [0.1, 0.15) is 31.9 Å². The molecule has 0 saturated heterocycles. The van der Waals surface area contributed by atoms with Crippen molar-refractivity contribution in [3.8, 4) is 5.75 Å². The molecule has 0 amide bonds. The fraction of sp³-hybridized carbons (Fsp3) is 0.368. The number of ether oxygens (including phenoxy) is 1. The minimum Gasteiger partial charge on any atom is -0.493 e. The van der Waals surface area contributed by atoms with Gasteiger partial charge in [-0.05, 0) is 42.2 Å². The van der Waals surface area contributed by atoms with Gasteiger partial charge in [0, 0.05) is 10.6 Å². The summed E-state index contributed by atoms with van der Waals surface area (Å²) in [5.41, 5.74) is 2.83. The summed E-state index contributed by atoms with van der Waals surface area (Å²) >= 11 is 1.83. The van der Waals surface area contributed by atoms with Crippen molar-refractivity contribution in [2.24, 2.45) is 0 Å². The third-order valence-electron chi connectivity index (χ3n) is 3.36. The Bertz CT molecular complexity index is 550. The molecular weight excluding hydrogens is 276 g/mol. The lowest BCUT2D eigenvalue weighted by molar-refractivity contribution is 0.343.